The lowest BCUT2D eigenvalue weighted by molar-refractivity contribution is -0.118. The number of anilines is 2. The Labute approximate surface area is 213 Å². The quantitative estimate of drug-likeness (QED) is 0.372. The number of carbonyl (C=O) groups is 4. The third-order valence-corrected chi connectivity index (χ3v) is 4.90. The molecule has 0 saturated heterocycles. The predicted molar refractivity (Wildman–Crippen MR) is 143 cm³/mol. The first-order valence-electron chi connectivity index (χ1n) is 12.2. The lowest BCUT2D eigenvalue weighted by atomic mass is 10.1. The molecule has 0 atom stereocenters. The van der Waals surface area contributed by atoms with Crippen molar-refractivity contribution in [1.82, 2.24) is 10.6 Å². The fourth-order valence-corrected chi connectivity index (χ4v) is 3.25. The van der Waals surface area contributed by atoms with Crippen molar-refractivity contribution in [1.29, 1.82) is 0 Å². The van der Waals surface area contributed by atoms with E-state index in [0.29, 0.717) is 35.3 Å². The Kier molecular flexibility index (Phi) is 9.78. The molecular formula is C28H38N4O4. The van der Waals surface area contributed by atoms with Crippen molar-refractivity contribution in [2.75, 3.05) is 10.6 Å². The minimum absolute atomic E-state index is 0.147. The number of rotatable bonds is 9. The maximum absolute atomic E-state index is 12.2. The molecule has 0 heterocycles. The van der Waals surface area contributed by atoms with Crippen molar-refractivity contribution in [2.24, 2.45) is 0 Å². The zero-order chi connectivity index (χ0) is 26.9. The molecule has 0 saturated carbocycles. The average molecular weight is 495 g/mol. The fraction of sp³-hybridized carbons (Fsp3) is 0.429. The van der Waals surface area contributed by atoms with Gasteiger partial charge in [0.15, 0.2) is 0 Å². The monoisotopic (exact) mass is 494 g/mol. The van der Waals surface area contributed by atoms with Crippen molar-refractivity contribution < 1.29 is 19.2 Å². The summed E-state index contributed by atoms with van der Waals surface area (Å²) in [7, 11) is 0. The maximum Gasteiger partial charge on any atom is 0.251 e. The average Bonchev–Trinajstić information content (AvgIpc) is 2.75. The third-order valence-electron chi connectivity index (χ3n) is 4.90. The second-order valence-electron chi connectivity index (χ2n) is 10.9. The number of amides is 4. The Balaban J connectivity index is 1.70. The number of nitrogens with one attached hydrogen (secondary N) is 4. The summed E-state index contributed by atoms with van der Waals surface area (Å²) in [5.41, 5.74) is 1.63. The number of carbonyl (C=O) groups excluding carboxylic acids is 4. The minimum atomic E-state index is -0.324. The van der Waals surface area contributed by atoms with Gasteiger partial charge in [-0.15, -0.1) is 0 Å². The van der Waals surface area contributed by atoms with Gasteiger partial charge in [0.2, 0.25) is 11.8 Å². The molecule has 0 bridgehead atoms. The van der Waals surface area contributed by atoms with E-state index in [2.05, 4.69) is 21.3 Å². The summed E-state index contributed by atoms with van der Waals surface area (Å²) in [6.07, 6.45) is 1.71. The van der Waals surface area contributed by atoms with Crippen molar-refractivity contribution in [3.63, 3.8) is 0 Å². The van der Waals surface area contributed by atoms with Gasteiger partial charge in [0.05, 0.1) is 0 Å². The summed E-state index contributed by atoms with van der Waals surface area (Å²) in [6.45, 7) is 11.5. The van der Waals surface area contributed by atoms with Crippen LogP contribution in [0, 0.1) is 0 Å². The zero-order valence-electron chi connectivity index (χ0n) is 22.1. The smallest absolute Gasteiger partial charge is 0.251 e. The van der Waals surface area contributed by atoms with Gasteiger partial charge in [-0.3, -0.25) is 19.2 Å². The third kappa shape index (κ3) is 10.7. The molecule has 0 aliphatic carbocycles. The molecule has 0 radical (unpaired) electrons. The number of hydrogen-bond acceptors (Lipinski definition) is 4. The summed E-state index contributed by atoms with van der Waals surface area (Å²) >= 11 is 0. The number of benzene rings is 2. The van der Waals surface area contributed by atoms with Crippen LogP contribution in [0.1, 0.15) is 87.9 Å². The van der Waals surface area contributed by atoms with E-state index in [9.17, 15) is 19.2 Å². The van der Waals surface area contributed by atoms with E-state index in [0.717, 1.165) is 0 Å². The van der Waals surface area contributed by atoms with Crippen LogP contribution >= 0.6 is 0 Å². The van der Waals surface area contributed by atoms with Crippen molar-refractivity contribution in [2.45, 2.75) is 78.3 Å². The van der Waals surface area contributed by atoms with E-state index in [1.807, 2.05) is 41.5 Å². The van der Waals surface area contributed by atoms with Crippen LogP contribution in [-0.2, 0) is 9.59 Å². The molecule has 0 spiro atoms. The fourth-order valence-electron chi connectivity index (χ4n) is 3.25. The van der Waals surface area contributed by atoms with Gasteiger partial charge in [0.25, 0.3) is 11.8 Å². The SMILES string of the molecule is CC(C)(C)NC(=O)c1ccc(NC(=O)CCCCC(=O)Nc2ccc(C(=O)NC(C)(C)C)cc2)cc1. The highest BCUT2D eigenvalue weighted by Gasteiger charge is 2.16. The lowest BCUT2D eigenvalue weighted by Gasteiger charge is -2.20. The Morgan fingerprint density at radius 2 is 0.861 bits per heavy atom. The van der Waals surface area contributed by atoms with E-state index in [1.165, 1.54) is 0 Å². The molecule has 2 rings (SSSR count). The first-order chi connectivity index (χ1) is 16.7. The molecule has 0 unspecified atom stereocenters. The first kappa shape index (κ1) is 28.6. The molecule has 8 nitrogen and oxygen atoms in total. The molecule has 8 heteroatoms. The van der Waals surface area contributed by atoms with Crippen LogP contribution in [-0.4, -0.2) is 34.7 Å². The highest BCUT2D eigenvalue weighted by Crippen LogP contribution is 2.14. The van der Waals surface area contributed by atoms with Crippen LogP contribution in [0.25, 0.3) is 0 Å². The largest absolute Gasteiger partial charge is 0.347 e. The summed E-state index contributed by atoms with van der Waals surface area (Å²) in [6, 6.07) is 13.5. The van der Waals surface area contributed by atoms with Gasteiger partial charge >= 0.3 is 0 Å². The molecule has 0 fully saturated rings. The molecule has 194 valence electrons. The topological polar surface area (TPSA) is 116 Å². The predicted octanol–water partition coefficient (Wildman–Crippen LogP) is 4.88. The van der Waals surface area contributed by atoms with Gasteiger partial charge < -0.3 is 21.3 Å². The Bertz CT molecular complexity index is 975. The molecule has 4 N–H and O–H groups in total. The van der Waals surface area contributed by atoms with Crippen LogP contribution < -0.4 is 21.3 Å². The highest BCUT2D eigenvalue weighted by molar-refractivity contribution is 5.97. The lowest BCUT2D eigenvalue weighted by Crippen LogP contribution is -2.40. The van der Waals surface area contributed by atoms with Gasteiger partial charge in [0, 0.05) is 46.4 Å². The molecule has 36 heavy (non-hydrogen) atoms. The Morgan fingerprint density at radius 3 is 1.14 bits per heavy atom. The Morgan fingerprint density at radius 1 is 0.556 bits per heavy atom. The van der Waals surface area contributed by atoms with Crippen molar-refractivity contribution in [3.05, 3.63) is 59.7 Å². The van der Waals surface area contributed by atoms with E-state index in [4.69, 9.17) is 0 Å². The van der Waals surface area contributed by atoms with Crippen molar-refractivity contribution in [3.8, 4) is 0 Å². The number of unbranched alkanes of at least 4 members (excludes halogenated alkanes) is 1. The first-order valence-corrected chi connectivity index (χ1v) is 12.2. The van der Waals surface area contributed by atoms with Crippen LogP contribution in [0.4, 0.5) is 11.4 Å². The van der Waals surface area contributed by atoms with Gasteiger partial charge in [-0.2, -0.15) is 0 Å². The van der Waals surface area contributed by atoms with E-state index in [-0.39, 0.29) is 47.5 Å². The van der Waals surface area contributed by atoms with Crippen LogP contribution in [0.15, 0.2) is 48.5 Å². The van der Waals surface area contributed by atoms with Gasteiger partial charge in [-0.05, 0) is 103 Å². The van der Waals surface area contributed by atoms with Crippen molar-refractivity contribution >= 4 is 35.0 Å². The summed E-state index contributed by atoms with van der Waals surface area (Å²) in [5.74, 6) is -0.626. The molecular weight excluding hydrogens is 456 g/mol. The summed E-state index contributed by atoms with van der Waals surface area (Å²) in [5, 5.41) is 11.4. The number of hydrogen-bond donors (Lipinski definition) is 4. The molecule has 0 aromatic heterocycles. The Hall–Kier alpha value is -3.68. The highest BCUT2D eigenvalue weighted by atomic mass is 16.2. The molecule has 0 aliphatic rings. The van der Waals surface area contributed by atoms with E-state index < -0.39 is 0 Å². The summed E-state index contributed by atoms with van der Waals surface area (Å²) < 4.78 is 0. The molecule has 2 aromatic carbocycles. The van der Waals surface area contributed by atoms with Crippen LogP contribution in [0.5, 0.6) is 0 Å². The standard InChI is InChI=1S/C28H38N4O4/c1-27(2,3)31-25(35)19-11-15-21(16-12-19)29-23(33)9-7-8-10-24(34)30-22-17-13-20(14-18-22)26(36)32-28(4,5)6/h11-18H,7-10H2,1-6H3,(H,29,33)(H,30,34)(H,31,35)(H,32,36). The second kappa shape index (κ2) is 12.3. The van der Waals surface area contributed by atoms with Gasteiger partial charge in [0.1, 0.15) is 0 Å². The minimum Gasteiger partial charge on any atom is -0.347 e. The molecule has 0 aliphatic heterocycles. The van der Waals surface area contributed by atoms with Crippen LogP contribution in [0.3, 0.4) is 0 Å². The van der Waals surface area contributed by atoms with Gasteiger partial charge in [-0.25, -0.2) is 0 Å². The second-order valence-corrected chi connectivity index (χ2v) is 10.9. The molecule has 2 aromatic rings. The maximum atomic E-state index is 12.2. The normalized spacial score (nSPS) is 11.4. The van der Waals surface area contributed by atoms with Crippen LogP contribution in [0.2, 0.25) is 0 Å². The summed E-state index contributed by atoms with van der Waals surface area (Å²) in [4.78, 5) is 48.8. The zero-order valence-corrected chi connectivity index (χ0v) is 22.1. The molecule has 4 amide bonds. The van der Waals surface area contributed by atoms with E-state index >= 15 is 0 Å². The van der Waals surface area contributed by atoms with E-state index in [1.54, 1.807) is 48.5 Å². The van der Waals surface area contributed by atoms with Gasteiger partial charge in [-0.1, -0.05) is 0 Å².